The highest BCUT2D eigenvalue weighted by Gasteiger charge is 2.48. The maximum absolute atomic E-state index is 12.8. The molecule has 106 valence electrons. The van der Waals surface area contributed by atoms with E-state index in [-0.39, 0.29) is 11.5 Å². The van der Waals surface area contributed by atoms with E-state index in [9.17, 15) is 4.79 Å². The number of rotatable bonds is 2. The van der Waals surface area contributed by atoms with Gasteiger partial charge in [0.25, 0.3) is 0 Å². The highest BCUT2D eigenvalue weighted by Crippen LogP contribution is 2.43. The zero-order valence-electron chi connectivity index (χ0n) is 11.4. The highest BCUT2D eigenvalue weighted by molar-refractivity contribution is 7.99. The number of nitrogens with one attached hydrogen (secondary N) is 1. The molecule has 0 aliphatic carbocycles. The molecule has 2 bridgehead atoms. The van der Waals surface area contributed by atoms with Crippen LogP contribution in [0.2, 0.25) is 0 Å². The quantitative estimate of drug-likeness (QED) is 0.840. The Morgan fingerprint density at radius 3 is 2.95 bits per heavy atom. The molecule has 4 aliphatic rings. The van der Waals surface area contributed by atoms with Crippen molar-refractivity contribution < 1.29 is 9.53 Å². The molecule has 0 aromatic rings. The van der Waals surface area contributed by atoms with Crippen molar-refractivity contribution in [3.05, 3.63) is 0 Å². The number of Topliss-reactive ketones (excluding diaryl/α,β-unsaturated/α-hetero) is 1. The molecule has 4 fully saturated rings. The van der Waals surface area contributed by atoms with Crippen LogP contribution in [0.15, 0.2) is 0 Å². The maximum Gasteiger partial charge on any atom is 0.140 e. The van der Waals surface area contributed by atoms with Crippen LogP contribution in [0.25, 0.3) is 0 Å². The average molecular weight is 281 g/mol. The molecule has 4 heteroatoms. The van der Waals surface area contributed by atoms with Crippen molar-refractivity contribution in [2.24, 2.45) is 11.8 Å². The first-order valence-corrected chi connectivity index (χ1v) is 8.93. The number of ketones is 1. The van der Waals surface area contributed by atoms with E-state index in [1.54, 1.807) is 0 Å². The number of hydrogen-bond acceptors (Lipinski definition) is 4. The van der Waals surface area contributed by atoms with E-state index in [1.807, 2.05) is 11.8 Å². The zero-order chi connectivity index (χ0) is 12.9. The lowest BCUT2D eigenvalue weighted by Gasteiger charge is -2.38. The van der Waals surface area contributed by atoms with Crippen molar-refractivity contribution in [2.75, 3.05) is 18.1 Å². The van der Waals surface area contributed by atoms with Crippen LogP contribution in [0.3, 0.4) is 0 Å². The van der Waals surface area contributed by atoms with Crippen molar-refractivity contribution >= 4 is 17.5 Å². The van der Waals surface area contributed by atoms with E-state index in [4.69, 9.17) is 4.74 Å². The third-order valence-electron chi connectivity index (χ3n) is 5.63. The first-order valence-electron chi connectivity index (χ1n) is 7.77. The van der Waals surface area contributed by atoms with Crippen LogP contribution in [0.4, 0.5) is 0 Å². The van der Waals surface area contributed by atoms with Gasteiger partial charge in [0.05, 0.1) is 5.60 Å². The molecule has 0 saturated carbocycles. The van der Waals surface area contributed by atoms with Gasteiger partial charge in [-0.25, -0.2) is 0 Å². The van der Waals surface area contributed by atoms with Gasteiger partial charge in [0.15, 0.2) is 0 Å². The molecule has 4 aliphatic heterocycles. The fourth-order valence-corrected chi connectivity index (χ4v) is 5.95. The SMILES string of the molecule is O=C(C1CCOC2(CCSC2)C1)C1CC2CCC1N2. The first kappa shape index (κ1) is 12.7. The number of carbonyl (C=O) groups is 1. The summed E-state index contributed by atoms with van der Waals surface area (Å²) in [6.45, 7) is 0.797. The van der Waals surface area contributed by atoms with Crippen LogP contribution >= 0.6 is 11.8 Å². The molecule has 0 radical (unpaired) electrons. The third-order valence-corrected chi connectivity index (χ3v) is 6.85. The number of hydrogen-bond donors (Lipinski definition) is 1. The molecule has 4 saturated heterocycles. The van der Waals surface area contributed by atoms with Gasteiger partial charge >= 0.3 is 0 Å². The molecule has 5 unspecified atom stereocenters. The lowest BCUT2D eigenvalue weighted by atomic mass is 9.75. The summed E-state index contributed by atoms with van der Waals surface area (Å²) in [4.78, 5) is 12.8. The molecule has 5 atom stereocenters. The van der Waals surface area contributed by atoms with Crippen molar-refractivity contribution in [2.45, 2.75) is 56.2 Å². The van der Waals surface area contributed by atoms with E-state index in [0.717, 1.165) is 38.0 Å². The topological polar surface area (TPSA) is 38.3 Å². The van der Waals surface area contributed by atoms with Crippen LogP contribution in [0.5, 0.6) is 0 Å². The number of thioether (sulfide) groups is 1. The molecular weight excluding hydrogens is 258 g/mol. The minimum absolute atomic E-state index is 0.0499. The van der Waals surface area contributed by atoms with Crippen molar-refractivity contribution in [1.82, 2.24) is 5.32 Å². The molecule has 4 rings (SSSR count). The fourth-order valence-electron chi connectivity index (χ4n) is 4.58. The Kier molecular flexibility index (Phi) is 3.16. The van der Waals surface area contributed by atoms with Crippen molar-refractivity contribution in [1.29, 1.82) is 0 Å². The third kappa shape index (κ3) is 2.16. The Morgan fingerprint density at radius 1 is 1.32 bits per heavy atom. The number of carbonyl (C=O) groups excluding carboxylic acids is 1. The van der Waals surface area contributed by atoms with Crippen LogP contribution in [-0.2, 0) is 9.53 Å². The fraction of sp³-hybridized carbons (Fsp3) is 0.933. The molecule has 0 aromatic carbocycles. The van der Waals surface area contributed by atoms with Gasteiger partial charge in [-0.3, -0.25) is 4.79 Å². The average Bonchev–Trinajstić information content (AvgIpc) is 3.14. The van der Waals surface area contributed by atoms with Gasteiger partial charge in [-0.2, -0.15) is 11.8 Å². The second-order valence-corrected chi connectivity index (χ2v) is 7.92. The van der Waals surface area contributed by atoms with Gasteiger partial charge in [0.1, 0.15) is 5.78 Å². The second-order valence-electron chi connectivity index (χ2n) is 6.82. The van der Waals surface area contributed by atoms with E-state index < -0.39 is 0 Å². The Morgan fingerprint density at radius 2 is 2.26 bits per heavy atom. The second kappa shape index (κ2) is 4.74. The lowest BCUT2D eigenvalue weighted by Crippen LogP contribution is -2.44. The highest BCUT2D eigenvalue weighted by atomic mass is 32.2. The zero-order valence-corrected chi connectivity index (χ0v) is 12.2. The summed E-state index contributed by atoms with van der Waals surface area (Å²) >= 11 is 1.99. The van der Waals surface area contributed by atoms with E-state index in [2.05, 4.69) is 5.32 Å². The van der Waals surface area contributed by atoms with E-state index in [1.165, 1.54) is 18.6 Å². The summed E-state index contributed by atoms with van der Waals surface area (Å²) in [5.74, 6) is 3.45. The molecular formula is C15H23NO2S. The Balaban J connectivity index is 1.45. The summed E-state index contributed by atoms with van der Waals surface area (Å²) in [5.41, 5.74) is 0.0499. The molecule has 19 heavy (non-hydrogen) atoms. The van der Waals surface area contributed by atoms with Crippen LogP contribution in [-0.4, -0.2) is 41.6 Å². The summed E-state index contributed by atoms with van der Waals surface area (Å²) < 4.78 is 6.04. The molecule has 1 spiro atoms. The molecule has 3 nitrogen and oxygen atoms in total. The number of ether oxygens (including phenoxy) is 1. The summed E-state index contributed by atoms with van der Waals surface area (Å²) in [6.07, 6.45) is 6.69. The predicted molar refractivity (Wildman–Crippen MR) is 76.4 cm³/mol. The van der Waals surface area contributed by atoms with Gasteiger partial charge in [0, 0.05) is 36.3 Å². The summed E-state index contributed by atoms with van der Waals surface area (Å²) in [6, 6.07) is 1.13. The van der Waals surface area contributed by atoms with E-state index >= 15 is 0 Å². The normalized spacial score (nSPS) is 49.1. The molecule has 0 amide bonds. The molecule has 4 heterocycles. The summed E-state index contributed by atoms with van der Waals surface area (Å²) in [7, 11) is 0. The smallest absolute Gasteiger partial charge is 0.140 e. The monoisotopic (exact) mass is 281 g/mol. The van der Waals surface area contributed by atoms with Crippen LogP contribution in [0.1, 0.15) is 38.5 Å². The summed E-state index contributed by atoms with van der Waals surface area (Å²) in [5, 5.41) is 3.60. The van der Waals surface area contributed by atoms with Gasteiger partial charge < -0.3 is 10.1 Å². The lowest BCUT2D eigenvalue weighted by molar-refractivity contribution is -0.138. The Hall–Kier alpha value is -0.0600. The Labute approximate surface area is 119 Å². The van der Waals surface area contributed by atoms with E-state index in [0.29, 0.717) is 23.8 Å². The van der Waals surface area contributed by atoms with Gasteiger partial charge in [-0.05, 0) is 44.3 Å². The molecule has 1 N–H and O–H groups in total. The largest absolute Gasteiger partial charge is 0.374 e. The molecule has 0 aromatic heterocycles. The van der Waals surface area contributed by atoms with Crippen LogP contribution < -0.4 is 5.32 Å². The van der Waals surface area contributed by atoms with Gasteiger partial charge in [0.2, 0.25) is 0 Å². The minimum Gasteiger partial charge on any atom is -0.374 e. The Bertz CT molecular complexity index is 380. The van der Waals surface area contributed by atoms with Crippen molar-refractivity contribution in [3.8, 4) is 0 Å². The van der Waals surface area contributed by atoms with Crippen LogP contribution in [0, 0.1) is 11.8 Å². The minimum atomic E-state index is 0.0499. The predicted octanol–water partition coefficient (Wildman–Crippen LogP) is 2.00. The van der Waals surface area contributed by atoms with Crippen molar-refractivity contribution in [3.63, 3.8) is 0 Å². The number of fused-ring (bicyclic) bond motifs is 2. The maximum atomic E-state index is 12.8. The standard InChI is InChI=1S/C15H23NO2S/c17-14(12-7-11-1-2-13(12)16-11)10-3-5-18-15(8-10)4-6-19-9-15/h10-13,16H,1-9H2. The van der Waals surface area contributed by atoms with Gasteiger partial charge in [-0.15, -0.1) is 0 Å². The first-order chi connectivity index (χ1) is 9.26. The van der Waals surface area contributed by atoms with Gasteiger partial charge in [-0.1, -0.05) is 0 Å².